The molecule has 1 amide bonds. The predicted molar refractivity (Wildman–Crippen MR) is 123 cm³/mol. The summed E-state index contributed by atoms with van der Waals surface area (Å²) in [4.78, 5) is 17.2. The summed E-state index contributed by atoms with van der Waals surface area (Å²) in [7, 11) is 2.06. The van der Waals surface area contributed by atoms with E-state index in [4.69, 9.17) is 4.74 Å². The van der Waals surface area contributed by atoms with E-state index >= 15 is 0 Å². The van der Waals surface area contributed by atoms with Gasteiger partial charge in [0.1, 0.15) is 11.5 Å². The third kappa shape index (κ3) is 3.29. The number of carbonyl (C=O) groups excluding carboxylic acids is 1. The van der Waals surface area contributed by atoms with Crippen molar-refractivity contribution in [3.8, 4) is 11.3 Å². The lowest BCUT2D eigenvalue weighted by atomic mass is 9.95. The smallest absolute Gasteiger partial charge is 0.254 e. The van der Waals surface area contributed by atoms with E-state index in [0.29, 0.717) is 23.7 Å². The van der Waals surface area contributed by atoms with Crippen LogP contribution in [0.5, 0.6) is 0 Å². The molecule has 4 aromatic rings. The molecule has 5 heterocycles. The molecule has 2 aliphatic heterocycles. The van der Waals surface area contributed by atoms with Crippen LogP contribution < -0.4 is 10.6 Å². The van der Waals surface area contributed by atoms with Crippen molar-refractivity contribution in [2.45, 2.75) is 25.3 Å². The quantitative estimate of drug-likeness (QED) is 0.490. The van der Waals surface area contributed by atoms with Crippen LogP contribution >= 0.6 is 0 Å². The van der Waals surface area contributed by atoms with Gasteiger partial charge in [0, 0.05) is 62.4 Å². The fraction of sp³-hybridized carbons (Fsp3) is 0.280. The van der Waals surface area contributed by atoms with Crippen molar-refractivity contribution >= 4 is 22.9 Å². The Balaban J connectivity index is 1.42. The van der Waals surface area contributed by atoms with Crippen molar-refractivity contribution < 1.29 is 13.9 Å². The molecule has 6 rings (SSSR count). The maximum Gasteiger partial charge on any atom is 0.254 e. The summed E-state index contributed by atoms with van der Waals surface area (Å²) < 4.78 is 23.2. The van der Waals surface area contributed by atoms with E-state index in [0.717, 1.165) is 54.3 Å². The van der Waals surface area contributed by atoms with Crippen LogP contribution in [0.4, 0.5) is 15.8 Å². The van der Waals surface area contributed by atoms with Gasteiger partial charge in [-0.3, -0.25) is 9.20 Å². The minimum absolute atomic E-state index is 0.0993. The fourth-order valence-electron chi connectivity index (χ4n) is 5.12. The average molecular weight is 445 g/mol. The number of aryl methyl sites for hydroxylation is 1. The number of halogens is 1. The molecule has 0 saturated carbocycles. The van der Waals surface area contributed by atoms with Crippen molar-refractivity contribution in [3.63, 3.8) is 0 Å². The first-order valence-electron chi connectivity index (χ1n) is 11.2. The number of anilines is 2. The van der Waals surface area contributed by atoms with E-state index in [1.807, 2.05) is 16.5 Å². The standard InChI is InChI=1S/C25H24FN5O2/c1-30-8-5-20(24(30)15-6-10-33-11-7-15)29-19-3-2-17(18-13-28-25(32)23(18)19)21-14-27-22-12-16(26)4-9-31(21)22/h2-5,8-9,12,14-15,29H,6-7,10-11,13H2,1H3,(H,28,32). The molecule has 0 unspecified atom stereocenters. The van der Waals surface area contributed by atoms with Crippen LogP contribution in [0.25, 0.3) is 16.9 Å². The van der Waals surface area contributed by atoms with Crippen LogP contribution in [0.3, 0.4) is 0 Å². The lowest BCUT2D eigenvalue weighted by molar-refractivity contribution is 0.0841. The number of imidazole rings is 1. The Kier molecular flexibility index (Phi) is 4.69. The van der Waals surface area contributed by atoms with Crippen molar-refractivity contribution in [3.05, 3.63) is 71.6 Å². The molecule has 0 spiro atoms. The van der Waals surface area contributed by atoms with E-state index in [2.05, 4.69) is 39.5 Å². The zero-order valence-electron chi connectivity index (χ0n) is 18.3. The molecule has 8 heteroatoms. The summed E-state index contributed by atoms with van der Waals surface area (Å²) in [5, 5.41) is 6.51. The highest BCUT2D eigenvalue weighted by Crippen LogP contribution is 2.38. The van der Waals surface area contributed by atoms with Crippen molar-refractivity contribution in [2.75, 3.05) is 18.5 Å². The monoisotopic (exact) mass is 445 g/mol. The topological polar surface area (TPSA) is 72.6 Å². The molecule has 2 N–H and O–H groups in total. The van der Waals surface area contributed by atoms with Crippen LogP contribution in [-0.2, 0) is 18.3 Å². The molecule has 168 valence electrons. The number of benzene rings is 1. The van der Waals surface area contributed by atoms with E-state index in [-0.39, 0.29) is 11.7 Å². The number of pyridine rings is 1. The van der Waals surface area contributed by atoms with E-state index < -0.39 is 0 Å². The van der Waals surface area contributed by atoms with Gasteiger partial charge in [0.05, 0.1) is 28.8 Å². The SMILES string of the molecule is Cn1ccc(Nc2ccc(-c3cnc4cc(F)ccn34)c3c2C(=O)NC3)c1C1CCOCC1. The predicted octanol–water partition coefficient (Wildman–Crippen LogP) is 4.36. The van der Waals surface area contributed by atoms with Crippen molar-refractivity contribution in [2.24, 2.45) is 7.05 Å². The van der Waals surface area contributed by atoms with Gasteiger partial charge in [0.2, 0.25) is 0 Å². The van der Waals surface area contributed by atoms with Gasteiger partial charge in [-0.25, -0.2) is 9.37 Å². The number of fused-ring (bicyclic) bond motifs is 2. The first-order chi connectivity index (χ1) is 16.1. The highest BCUT2D eigenvalue weighted by molar-refractivity contribution is 6.06. The average Bonchev–Trinajstić information content (AvgIpc) is 3.52. The lowest BCUT2D eigenvalue weighted by Gasteiger charge is -2.25. The van der Waals surface area contributed by atoms with E-state index in [1.54, 1.807) is 12.4 Å². The van der Waals surface area contributed by atoms with Gasteiger partial charge in [0.15, 0.2) is 0 Å². The summed E-state index contributed by atoms with van der Waals surface area (Å²) in [6, 6.07) is 8.83. The third-order valence-electron chi connectivity index (χ3n) is 6.72. The van der Waals surface area contributed by atoms with E-state index in [9.17, 15) is 9.18 Å². The maximum atomic E-state index is 13.6. The Morgan fingerprint density at radius 2 is 2.00 bits per heavy atom. The number of hydrogen-bond donors (Lipinski definition) is 2. The normalized spacial score (nSPS) is 16.2. The van der Waals surface area contributed by atoms with Crippen LogP contribution in [0.15, 0.2) is 48.9 Å². The maximum absolute atomic E-state index is 13.6. The summed E-state index contributed by atoms with van der Waals surface area (Å²) in [6.45, 7) is 1.98. The Morgan fingerprint density at radius 1 is 1.15 bits per heavy atom. The van der Waals surface area contributed by atoms with Crippen LogP contribution in [-0.4, -0.2) is 33.1 Å². The molecule has 2 aliphatic rings. The highest BCUT2D eigenvalue weighted by atomic mass is 19.1. The van der Waals surface area contributed by atoms with Crippen molar-refractivity contribution in [1.82, 2.24) is 19.3 Å². The second-order valence-electron chi connectivity index (χ2n) is 8.65. The van der Waals surface area contributed by atoms with Gasteiger partial charge in [-0.05, 0) is 36.6 Å². The second-order valence-corrected chi connectivity index (χ2v) is 8.65. The van der Waals surface area contributed by atoms with Gasteiger partial charge >= 0.3 is 0 Å². The summed E-state index contributed by atoms with van der Waals surface area (Å²) >= 11 is 0. The Labute approximate surface area is 190 Å². The number of nitrogens with one attached hydrogen (secondary N) is 2. The summed E-state index contributed by atoms with van der Waals surface area (Å²) in [5.74, 6) is -0.0109. The molecular formula is C25H24FN5O2. The molecular weight excluding hydrogens is 421 g/mol. The fourth-order valence-corrected chi connectivity index (χ4v) is 5.12. The first-order valence-corrected chi connectivity index (χ1v) is 11.2. The third-order valence-corrected chi connectivity index (χ3v) is 6.72. The molecule has 0 atom stereocenters. The molecule has 0 bridgehead atoms. The minimum atomic E-state index is -0.329. The van der Waals surface area contributed by atoms with Gasteiger partial charge in [-0.2, -0.15) is 0 Å². The summed E-state index contributed by atoms with van der Waals surface area (Å²) in [6.07, 6.45) is 7.41. The minimum Gasteiger partial charge on any atom is -0.381 e. The zero-order valence-corrected chi connectivity index (χ0v) is 18.3. The van der Waals surface area contributed by atoms with Gasteiger partial charge in [-0.15, -0.1) is 0 Å². The van der Waals surface area contributed by atoms with Gasteiger partial charge in [0.25, 0.3) is 5.91 Å². The van der Waals surface area contributed by atoms with Crippen LogP contribution in [0.1, 0.15) is 40.4 Å². The Morgan fingerprint density at radius 3 is 2.85 bits per heavy atom. The molecule has 1 saturated heterocycles. The highest BCUT2D eigenvalue weighted by Gasteiger charge is 2.28. The number of amides is 1. The van der Waals surface area contributed by atoms with Gasteiger partial charge < -0.3 is 19.9 Å². The van der Waals surface area contributed by atoms with Crippen LogP contribution in [0, 0.1) is 5.82 Å². The number of ether oxygens (including phenoxy) is 1. The number of hydrogen-bond acceptors (Lipinski definition) is 4. The largest absolute Gasteiger partial charge is 0.381 e. The number of carbonyl (C=O) groups is 1. The lowest BCUT2D eigenvalue weighted by Crippen LogP contribution is -2.17. The number of aromatic nitrogens is 3. The second kappa shape index (κ2) is 7.74. The Bertz CT molecular complexity index is 1380. The van der Waals surface area contributed by atoms with Crippen LogP contribution in [0.2, 0.25) is 0 Å². The number of rotatable bonds is 4. The molecule has 1 fully saturated rings. The molecule has 1 aromatic carbocycles. The first kappa shape index (κ1) is 20.0. The molecule has 0 aliphatic carbocycles. The molecule has 0 radical (unpaired) electrons. The summed E-state index contributed by atoms with van der Waals surface area (Å²) in [5.41, 5.74) is 6.86. The van der Waals surface area contributed by atoms with Gasteiger partial charge in [-0.1, -0.05) is 6.07 Å². The molecule has 33 heavy (non-hydrogen) atoms. The number of nitrogens with zero attached hydrogens (tertiary/aromatic N) is 3. The van der Waals surface area contributed by atoms with Crippen molar-refractivity contribution in [1.29, 1.82) is 0 Å². The molecule has 3 aromatic heterocycles. The van der Waals surface area contributed by atoms with E-state index in [1.165, 1.54) is 17.8 Å². The zero-order chi connectivity index (χ0) is 22.5. The molecule has 7 nitrogen and oxygen atoms in total. The Hall–Kier alpha value is -3.65.